The van der Waals surface area contributed by atoms with Crippen molar-refractivity contribution >= 4 is 75.1 Å². The standard InChI is InChI=1S/C25H40N7O19P3S/c1-25(2,20(38)23(39)28-6-5-14(33)27-7-8-55-16(36)4-3-15(34)35)10-48-54(45,46)51-53(43,44)47-9-13-19(50-52(40,41)42)18(37)24(49-13)32-12-31-17-21(26)29-11-30-22(17)32/h11-13,18-20,24,37-38H,3-10H2,1-2H3,(H,27,33)(H,28,39)(H,34,35)(H,43,44)(H,45,46)(H2,26,29,30)(H2,40,41,42)/p-1. The van der Waals surface area contributed by atoms with Gasteiger partial charge in [-0.25, -0.2) is 28.6 Å². The van der Waals surface area contributed by atoms with Crippen LogP contribution in [-0.4, -0.2) is 129 Å². The number of aromatic nitrogens is 4. The normalized spacial score (nSPS) is 21.7. The van der Waals surface area contributed by atoms with Crippen LogP contribution in [0, 0.1) is 5.41 Å². The highest BCUT2D eigenvalue weighted by Crippen LogP contribution is 2.61. The lowest BCUT2D eigenvalue weighted by Crippen LogP contribution is -2.46. The second-order valence-corrected chi connectivity index (χ2v) is 17.5. The monoisotopic (exact) mass is 866 g/mol. The van der Waals surface area contributed by atoms with Crippen LogP contribution in [0.1, 0.15) is 39.3 Å². The Bertz CT molecular complexity index is 1850. The molecule has 2 aromatic rings. The first-order valence-electron chi connectivity index (χ1n) is 15.7. The summed E-state index contributed by atoms with van der Waals surface area (Å²) in [7, 11) is -16.4. The summed E-state index contributed by atoms with van der Waals surface area (Å²) in [5.41, 5.74) is 4.19. The van der Waals surface area contributed by atoms with E-state index in [0.717, 1.165) is 29.0 Å². The van der Waals surface area contributed by atoms with Crippen molar-refractivity contribution in [3.8, 4) is 0 Å². The zero-order chi connectivity index (χ0) is 41.4. The van der Waals surface area contributed by atoms with E-state index in [0.29, 0.717) is 0 Å². The fraction of sp³-hybridized carbons (Fsp3) is 0.640. The molecule has 30 heteroatoms. The molecule has 0 bridgehead atoms. The zero-order valence-electron chi connectivity index (χ0n) is 28.8. The Morgan fingerprint density at radius 2 is 1.71 bits per heavy atom. The molecule has 3 heterocycles. The summed E-state index contributed by atoms with van der Waals surface area (Å²) in [4.78, 5) is 97.2. The number of phosphoric acid groups is 3. The van der Waals surface area contributed by atoms with E-state index in [2.05, 4.69) is 34.4 Å². The van der Waals surface area contributed by atoms with Crippen molar-refractivity contribution in [3.63, 3.8) is 0 Å². The Labute approximate surface area is 314 Å². The molecule has 310 valence electrons. The minimum absolute atomic E-state index is 0.0184. The van der Waals surface area contributed by atoms with Crippen LogP contribution in [0.4, 0.5) is 5.82 Å². The van der Waals surface area contributed by atoms with Crippen LogP contribution in [0.3, 0.4) is 0 Å². The number of aliphatic carboxylic acids is 1. The number of nitrogens with two attached hydrogens (primary N) is 1. The number of carbonyl (C=O) groups is 4. The number of phosphoric ester groups is 3. The van der Waals surface area contributed by atoms with Crippen LogP contribution in [0.5, 0.6) is 0 Å². The Hall–Kier alpha value is -2.97. The largest absolute Gasteiger partial charge is 0.550 e. The van der Waals surface area contributed by atoms with Crippen LogP contribution >= 0.6 is 35.2 Å². The van der Waals surface area contributed by atoms with Crippen LogP contribution in [0.2, 0.25) is 0 Å². The molecule has 1 fully saturated rings. The average molecular weight is 867 g/mol. The number of carboxylic acid groups (broad SMARTS) is 1. The minimum Gasteiger partial charge on any atom is -0.550 e. The van der Waals surface area contributed by atoms with E-state index in [1.165, 1.54) is 13.8 Å². The Morgan fingerprint density at radius 1 is 1.04 bits per heavy atom. The molecule has 10 N–H and O–H groups in total. The van der Waals surface area contributed by atoms with Crippen LogP contribution < -0.4 is 21.5 Å². The summed E-state index contributed by atoms with van der Waals surface area (Å²) in [5.74, 6) is -2.80. The highest BCUT2D eigenvalue weighted by molar-refractivity contribution is 8.13. The minimum atomic E-state index is -5.59. The lowest BCUT2D eigenvalue weighted by Gasteiger charge is -2.30. The van der Waals surface area contributed by atoms with Gasteiger partial charge in [-0.2, -0.15) is 4.31 Å². The number of nitrogen functional groups attached to an aromatic ring is 1. The third kappa shape index (κ3) is 14.5. The number of aliphatic hydroxyl groups is 2. The summed E-state index contributed by atoms with van der Waals surface area (Å²) in [5, 5.41) is 36.1. The van der Waals surface area contributed by atoms with Crippen molar-refractivity contribution < 1.29 is 90.4 Å². The summed E-state index contributed by atoms with van der Waals surface area (Å²) in [6.45, 7) is 0.178. The lowest BCUT2D eigenvalue weighted by atomic mass is 9.87. The molecule has 55 heavy (non-hydrogen) atoms. The maximum Gasteiger partial charge on any atom is 0.481 e. The molecule has 0 radical (unpaired) electrons. The van der Waals surface area contributed by atoms with E-state index in [9.17, 15) is 67.8 Å². The molecule has 26 nitrogen and oxygen atoms in total. The first-order valence-corrected chi connectivity index (χ1v) is 21.2. The summed E-state index contributed by atoms with van der Waals surface area (Å²) >= 11 is 0.821. The van der Waals surface area contributed by atoms with Crippen LogP contribution in [-0.2, 0) is 55.5 Å². The molecular weight excluding hydrogens is 827 g/mol. The highest BCUT2D eigenvalue weighted by atomic mass is 32.2. The van der Waals surface area contributed by atoms with E-state index in [1.54, 1.807) is 0 Å². The maximum atomic E-state index is 12.6. The smallest absolute Gasteiger partial charge is 0.481 e. The number of ether oxygens (including phenoxy) is 1. The van der Waals surface area contributed by atoms with Gasteiger partial charge in [0.1, 0.15) is 36.3 Å². The topological polar surface area (TPSA) is 404 Å². The zero-order valence-corrected chi connectivity index (χ0v) is 32.3. The number of aliphatic hydroxyl groups excluding tert-OH is 2. The molecule has 0 aliphatic carbocycles. The number of fused-ring (bicyclic) bond motifs is 1. The fourth-order valence-electron chi connectivity index (χ4n) is 4.57. The van der Waals surface area contributed by atoms with Gasteiger partial charge >= 0.3 is 23.5 Å². The second kappa shape index (κ2) is 19.5. The number of carboxylic acids is 1. The summed E-state index contributed by atoms with van der Waals surface area (Å²) in [6.07, 6.45) is -7.75. The number of thioether (sulfide) groups is 1. The quantitative estimate of drug-likeness (QED) is 0.0426. The van der Waals surface area contributed by atoms with Gasteiger partial charge in [-0.15, -0.1) is 0 Å². The van der Waals surface area contributed by atoms with Crippen LogP contribution in [0.15, 0.2) is 12.7 Å². The number of carbonyl (C=O) groups excluding carboxylic acids is 4. The third-order valence-electron chi connectivity index (χ3n) is 7.30. The molecule has 1 aliphatic rings. The molecular formula is C25H39N7O19P3S-. The van der Waals surface area contributed by atoms with Crippen molar-refractivity contribution in [1.29, 1.82) is 0 Å². The lowest BCUT2D eigenvalue weighted by molar-refractivity contribution is -0.305. The van der Waals surface area contributed by atoms with Gasteiger partial charge in [-0.05, 0) is 6.42 Å². The van der Waals surface area contributed by atoms with E-state index in [1.807, 2.05) is 0 Å². The van der Waals surface area contributed by atoms with Gasteiger partial charge in [-0.1, -0.05) is 25.6 Å². The molecule has 1 aliphatic heterocycles. The third-order valence-corrected chi connectivity index (χ3v) is 11.3. The highest BCUT2D eigenvalue weighted by Gasteiger charge is 2.50. The first-order chi connectivity index (χ1) is 25.4. The van der Waals surface area contributed by atoms with E-state index in [4.69, 9.17) is 19.5 Å². The van der Waals surface area contributed by atoms with E-state index >= 15 is 0 Å². The second-order valence-electron chi connectivity index (χ2n) is 12.2. The number of hydrogen-bond donors (Lipinski definition) is 9. The van der Waals surface area contributed by atoms with Gasteiger partial charge in [0.2, 0.25) is 11.8 Å². The van der Waals surface area contributed by atoms with Gasteiger partial charge in [0.15, 0.2) is 22.8 Å². The predicted octanol–water partition coefficient (Wildman–Crippen LogP) is -2.81. The number of rotatable bonds is 22. The van der Waals surface area contributed by atoms with Crippen molar-refractivity contribution in [3.05, 3.63) is 12.7 Å². The number of nitrogens with zero attached hydrogens (tertiary/aromatic N) is 4. The van der Waals surface area contributed by atoms with Gasteiger partial charge in [-0.3, -0.25) is 32.5 Å². The fourth-order valence-corrected chi connectivity index (χ4v) is 8.08. The number of imidazole rings is 1. The van der Waals surface area contributed by atoms with E-state index in [-0.39, 0.29) is 48.7 Å². The van der Waals surface area contributed by atoms with Crippen molar-refractivity contribution in [1.82, 2.24) is 30.2 Å². The molecule has 0 aromatic carbocycles. The SMILES string of the molecule is CC(C)(COP(=O)(O)OP(=O)(O)OCC1OC(n2cnc3c(N)ncnc32)C(O)C1OP(=O)(O)O)C(O)C(=O)NCCC(=O)NCCSC(=O)CCC(=O)[O-]. The molecule has 3 rings (SSSR count). The Balaban J connectivity index is 1.49. The number of nitrogens with one attached hydrogen (secondary N) is 2. The maximum absolute atomic E-state index is 12.6. The Kier molecular flexibility index (Phi) is 16.4. The molecule has 2 amide bonds. The number of hydrogen-bond acceptors (Lipinski definition) is 20. The average Bonchev–Trinajstić information content (AvgIpc) is 3.63. The first kappa shape index (κ1) is 46.4. The number of anilines is 1. The van der Waals surface area contributed by atoms with Crippen molar-refractivity contribution in [2.45, 2.75) is 63.8 Å². The van der Waals surface area contributed by atoms with Gasteiger partial charge in [0, 0.05) is 43.1 Å². The predicted molar refractivity (Wildman–Crippen MR) is 181 cm³/mol. The molecule has 0 saturated carbocycles. The van der Waals surface area contributed by atoms with Gasteiger partial charge in [0.25, 0.3) is 0 Å². The van der Waals surface area contributed by atoms with Crippen molar-refractivity contribution in [2.75, 3.05) is 37.8 Å². The summed E-state index contributed by atoms with van der Waals surface area (Å²) in [6, 6.07) is 0. The molecule has 7 atom stereocenters. The van der Waals surface area contributed by atoms with Crippen molar-refractivity contribution in [2.24, 2.45) is 5.41 Å². The number of amides is 2. The molecule has 7 unspecified atom stereocenters. The molecule has 1 saturated heterocycles. The van der Waals surface area contributed by atoms with Crippen LogP contribution in [0.25, 0.3) is 11.2 Å². The summed E-state index contributed by atoms with van der Waals surface area (Å²) < 4.78 is 61.9. The van der Waals surface area contributed by atoms with Gasteiger partial charge in [0.05, 0.1) is 19.5 Å². The molecule has 0 spiro atoms. The van der Waals surface area contributed by atoms with Gasteiger partial charge < -0.3 is 60.8 Å². The Morgan fingerprint density at radius 3 is 2.36 bits per heavy atom. The van der Waals surface area contributed by atoms with E-state index < -0.39 is 102 Å². The molecule has 2 aromatic heterocycles.